The number of hydrogen-bond acceptors (Lipinski definition) is 4. The zero-order valence-electron chi connectivity index (χ0n) is 10.2. The van der Waals surface area contributed by atoms with Crippen LogP contribution in [-0.4, -0.2) is 17.5 Å². The van der Waals surface area contributed by atoms with E-state index in [1.54, 1.807) is 19.1 Å². The number of benzene rings is 1. The number of ether oxygens (including phenoxy) is 1. The van der Waals surface area contributed by atoms with Crippen molar-refractivity contribution in [2.75, 3.05) is 0 Å². The number of Topliss-reactive ketones (excluding diaryl/α,β-unsaturated/α-hetero) is 1. The molecule has 1 aromatic carbocycles. The third-order valence-electron chi connectivity index (χ3n) is 2.37. The monoisotopic (exact) mass is 267 g/mol. The van der Waals surface area contributed by atoms with Crippen LogP contribution in [0.2, 0.25) is 5.02 Å². The normalized spacial score (nSPS) is 9.94. The van der Waals surface area contributed by atoms with Gasteiger partial charge in [0.05, 0.1) is 0 Å². The third-order valence-corrected chi connectivity index (χ3v) is 2.72. The summed E-state index contributed by atoms with van der Waals surface area (Å²) in [6.45, 7) is 3.44. The SMILES string of the molecule is CCC(=O)C(=N)C(=O)OCc1ccc(C)cc1Cl. The predicted molar refractivity (Wildman–Crippen MR) is 69.0 cm³/mol. The Hall–Kier alpha value is -1.68. The van der Waals surface area contributed by atoms with E-state index in [9.17, 15) is 9.59 Å². The molecule has 0 saturated carbocycles. The van der Waals surface area contributed by atoms with Crippen LogP contribution in [0.4, 0.5) is 0 Å². The number of ketones is 1. The Morgan fingerprint density at radius 1 is 1.39 bits per heavy atom. The fraction of sp³-hybridized carbons (Fsp3) is 0.308. The maximum Gasteiger partial charge on any atom is 0.360 e. The molecule has 5 heteroatoms. The third kappa shape index (κ3) is 3.67. The summed E-state index contributed by atoms with van der Waals surface area (Å²) in [6.07, 6.45) is 0.110. The van der Waals surface area contributed by atoms with Gasteiger partial charge in [0.15, 0.2) is 11.5 Å². The first kappa shape index (κ1) is 14.4. The highest BCUT2D eigenvalue weighted by Gasteiger charge is 2.18. The zero-order valence-corrected chi connectivity index (χ0v) is 11.0. The van der Waals surface area contributed by atoms with Gasteiger partial charge in [-0.25, -0.2) is 4.79 Å². The van der Waals surface area contributed by atoms with E-state index in [2.05, 4.69) is 0 Å². The second-order valence-corrected chi connectivity index (χ2v) is 4.23. The Bertz CT molecular complexity index is 497. The molecular weight excluding hydrogens is 254 g/mol. The molecule has 0 fully saturated rings. The average molecular weight is 268 g/mol. The van der Waals surface area contributed by atoms with Crippen LogP contribution in [0.25, 0.3) is 0 Å². The van der Waals surface area contributed by atoms with Crippen molar-refractivity contribution in [3.05, 3.63) is 34.3 Å². The van der Waals surface area contributed by atoms with E-state index in [1.807, 2.05) is 13.0 Å². The van der Waals surface area contributed by atoms with Crippen molar-refractivity contribution in [2.24, 2.45) is 0 Å². The Balaban J connectivity index is 2.63. The van der Waals surface area contributed by atoms with E-state index in [0.29, 0.717) is 10.6 Å². The molecule has 96 valence electrons. The molecule has 0 aliphatic heterocycles. The van der Waals surface area contributed by atoms with Crippen molar-refractivity contribution in [2.45, 2.75) is 26.9 Å². The quantitative estimate of drug-likeness (QED) is 0.507. The van der Waals surface area contributed by atoms with Crippen molar-refractivity contribution < 1.29 is 14.3 Å². The average Bonchev–Trinajstić information content (AvgIpc) is 2.35. The standard InChI is InChI=1S/C13H14ClNO3/c1-3-11(16)12(15)13(17)18-7-9-5-4-8(2)6-10(9)14/h4-6,15H,3,7H2,1-2H3. The van der Waals surface area contributed by atoms with Crippen LogP contribution in [0.3, 0.4) is 0 Å². The van der Waals surface area contributed by atoms with Gasteiger partial charge in [-0.2, -0.15) is 0 Å². The Morgan fingerprint density at radius 2 is 2.06 bits per heavy atom. The molecule has 0 aliphatic carbocycles. The molecule has 0 aliphatic rings. The van der Waals surface area contributed by atoms with Gasteiger partial charge in [0.2, 0.25) is 0 Å². The maximum atomic E-state index is 11.4. The lowest BCUT2D eigenvalue weighted by molar-refractivity contribution is -0.137. The topological polar surface area (TPSA) is 67.2 Å². The van der Waals surface area contributed by atoms with Crippen molar-refractivity contribution in [1.82, 2.24) is 0 Å². The predicted octanol–water partition coefficient (Wildman–Crippen LogP) is 2.69. The molecule has 1 N–H and O–H groups in total. The summed E-state index contributed by atoms with van der Waals surface area (Å²) in [5.41, 5.74) is 1.03. The van der Waals surface area contributed by atoms with Gasteiger partial charge in [-0.05, 0) is 18.6 Å². The highest BCUT2D eigenvalue weighted by molar-refractivity contribution is 6.63. The molecule has 0 spiro atoms. The number of hydrogen-bond donors (Lipinski definition) is 1. The second-order valence-electron chi connectivity index (χ2n) is 3.82. The van der Waals surface area contributed by atoms with Crippen LogP contribution in [0, 0.1) is 12.3 Å². The lowest BCUT2D eigenvalue weighted by Gasteiger charge is -2.07. The van der Waals surface area contributed by atoms with E-state index >= 15 is 0 Å². The molecule has 0 saturated heterocycles. The second kappa shape index (κ2) is 6.31. The van der Waals surface area contributed by atoms with Crippen molar-refractivity contribution in [3.8, 4) is 0 Å². The smallest absolute Gasteiger partial charge is 0.360 e. The molecule has 0 radical (unpaired) electrons. The van der Waals surface area contributed by atoms with E-state index < -0.39 is 17.5 Å². The fourth-order valence-electron chi connectivity index (χ4n) is 1.28. The van der Waals surface area contributed by atoms with E-state index in [4.69, 9.17) is 21.7 Å². The van der Waals surface area contributed by atoms with Gasteiger partial charge < -0.3 is 4.74 Å². The highest BCUT2D eigenvalue weighted by atomic mass is 35.5. The van der Waals surface area contributed by atoms with Gasteiger partial charge in [-0.1, -0.05) is 30.7 Å². The molecule has 1 aromatic rings. The van der Waals surface area contributed by atoms with Crippen LogP contribution in [0.1, 0.15) is 24.5 Å². The van der Waals surface area contributed by atoms with Gasteiger partial charge in [-0.3, -0.25) is 10.2 Å². The number of carbonyl (C=O) groups is 2. The summed E-state index contributed by atoms with van der Waals surface area (Å²) in [5, 5.41) is 7.79. The fourth-order valence-corrected chi connectivity index (χ4v) is 1.57. The molecule has 0 amide bonds. The van der Waals surface area contributed by atoms with E-state index in [1.165, 1.54) is 0 Å². The van der Waals surface area contributed by atoms with E-state index in [-0.39, 0.29) is 13.0 Å². The lowest BCUT2D eigenvalue weighted by atomic mass is 10.1. The Kier molecular flexibility index (Phi) is 5.04. The summed E-state index contributed by atoms with van der Waals surface area (Å²) in [6, 6.07) is 5.35. The Labute approximate surface area is 110 Å². The number of aryl methyl sites for hydroxylation is 1. The first-order chi connectivity index (χ1) is 8.45. The molecule has 0 unspecified atom stereocenters. The first-order valence-corrected chi connectivity index (χ1v) is 5.87. The van der Waals surface area contributed by atoms with Crippen LogP contribution < -0.4 is 0 Å². The maximum absolute atomic E-state index is 11.4. The van der Waals surface area contributed by atoms with Crippen LogP contribution in [0.5, 0.6) is 0 Å². The van der Waals surface area contributed by atoms with Gasteiger partial charge in [-0.15, -0.1) is 0 Å². The van der Waals surface area contributed by atoms with Crippen LogP contribution in [-0.2, 0) is 20.9 Å². The molecule has 0 bridgehead atoms. The summed E-state index contributed by atoms with van der Waals surface area (Å²) in [7, 11) is 0. The summed E-state index contributed by atoms with van der Waals surface area (Å²) in [5.74, 6) is -1.45. The minimum absolute atomic E-state index is 0.0443. The highest BCUT2D eigenvalue weighted by Crippen LogP contribution is 2.18. The minimum atomic E-state index is -0.918. The van der Waals surface area contributed by atoms with Gasteiger partial charge in [0.1, 0.15) is 6.61 Å². The van der Waals surface area contributed by atoms with Crippen molar-refractivity contribution in [1.29, 1.82) is 5.41 Å². The number of carbonyl (C=O) groups excluding carboxylic acids is 2. The van der Waals surface area contributed by atoms with Gasteiger partial charge in [0.25, 0.3) is 0 Å². The van der Waals surface area contributed by atoms with Crippen LogP contribution in [0.15, 0.2) is 18.2 Å². The molecule has 0 atom stereocenters. The Morgan fingerprint density at radius 3 is 2.61 bits per heavy atom. The summed E-state index contributed by atoms with van der Waals surface area (Å²) in [4.78, 5) is 22.5. The van der Waals surface area contributed by atoms with Crippen LogP contribution >= 0.6 is 11.6 Å². The lowest BCUT2D eigenvalue weighted by Crippen LogP contribution is -2.24. The van der Waals surface area contributed by atoms with Gasteiger partial charge in [0, 0.05) is 17.0 Å². The molecular formula is C13H14ClNO3. The molecule has 4 nitrogen and oxygen atoms in total. The first-order valence-electron chi connectivity index (χ1n) is 5.49. The zero-order chi connectivity index (χ0) is 13.7. The van der Waals surface area contributed by atoms with Gasteiger partial charge >= 0.3 is 5.97 Å². The van der Waals surface area contributed by atoms with Crippen molar-refractivity contribution >= 4 is 29.1 Å². The summed E-state index contributed by atoms with van der Waals surface area (Å²) >= 11 is 5.97. The molecule has 18 heavy (non-hydrogen) atoms. The minimum Gasteiger partial charge on any atom is -0.456 e. The number of nitrogens with one attached hydrogen (secondary N) is 1. The summed E-state index contributed by atoms with van der Waals surface area (Å²) < 4.78 is 4.86. The number of esters is 1. The molecule has 0 heterocycles. The van der Waals surface area contributed by atoms with Crippen molar-refractivity contribution in [3.63, 3.8) is 0 Å². The number of rotatable bonds is 5. The number of halogens is 1. The van der Waals surface area contributed by atoms with E-state index in [0.717, 1.165) is 5.56 Å². The molecule has 0 aromatic heterocycles. The largest absolute Gasteiger partial charge is 0.456 e. The molecule has 1 rings (SSSR count).